The van der Waals surface area contributed by atoms with E-state index >= 15 is 0 Å². The zero-order chi connectivity index (χ0) is 25.6. The van der Waals surface area contributed by atoms with E-state index in [0.29, 0.717) is 43.2 Å². The summed E-state index contributed by atoms with van der Waals surface area (Å²) in [5.41, 5.74) is 2.67. The molecule has 1 fully saturated rings. The molecule has 10 heteroatoms. The van der Waals surface area contributed by atoms with Crippen LogP contribution in [0.2, 0.25) is 0 Å². The Balaban J connectivity index is 1.39. The van der Waals surface area contributed by atoms with Crippen LogP contribution in [0.15, 0.2) is 30.7 Å². The summed E-state index contributed by atoms with van der Waals surface area (Å²) < 4.78 is 17.9. The molecule has 0 spiro atoms. The maximum atomic E-state index is 12.7. The van der Waals surface area contributed by atoms with Gasteiger partial charge in [0, 0.05) is 38.1 Å². The first-order valence-corrected chi connectivity index (χ1v) is 13.1. The first-order chi connectivity index (χ1) is 18.1. The lowest BCUT2D eigenvalue weighted by molar-refractivity contribution is -0.132. The molecule has 0 radical (unpaired) electrons. The van der Waals surface area contributed by atoms with Gasteiger partial charge < -0.3 is 34.3 Å². The van der Waals surface area contributed by atoms with Gasteiger partial charge >= 0.3 is 0 Å². The highest BCUT2D eigenvalue weighted by molar-refractivity contribution is 5.92. The standard InChI is InChI=1S/C27H36N6O4/c1-32-10-5-11-33(2)24(34)17-37-23-14-20(8-9-22(23)36-13-12-35-21-6-3-4-7-21)31-27-25-19(16-32)15-28-26(25)29-18-30-27/h8-9,14-15,18,21H,3-7,10-13,16-17H2,1-2H3,(H2,28,29,30,31). The number of fused-ring (bicyclic) bond motifs is 2. The number of ether oxygens (including phenoxy) is 3. The molecule has 0 unspecified atom stereocenters. The van der Waals surface area contributed by atoms with Crippen molar-refractivity contribution in [3.8, 4) is 11.5 Å². The molecule has 1 aliphatic carbocycles. The van der Waals surface area contributed by atoms with E-state index in [2.05, 4.69) is 32.2 Å². The quantitative estimate of drug-likeness (QED) is 0.503. The molecule has 2 aromatic heterocycles. The largest absolute Gasteiger partial charge is 0.487 e. The van der Waals surface area contributed by atoms with Gasteiger partial charge in [0.25, 0.3) is 5.91 Å². The summed E-state index contributed by atoms with van der Waals surface area (Å²) in [5.74, 6) is 1.71. The summed E-state index contributed by atoms with van der Waals surface area (Å²) in [5, 5.41) is 4.37. The van der Waals surface area contributed by atoms with Crippen LogP contribution >= 0.6 is 0 Å². The molecule has 0 atom stereocenters. The van der Waals surface area contributed by atoms with Crippen molar-refractivity contribution in [3.63, 3.8) is 0 Å². The van der Waals surface area contributed by atoms with Crippen molar-refractivity contribution in [2.75, 3.05) is 52.3 Å². The number of aromatic amines is 1. The molecule has 1 amide bonds. The van der Waals surface area contributed by atoms with E-state index in [-0.39, 0.29) is 12.5 Å². The van der Waals surface area contributed by atoms with Crippen LogP contribution < -0.4 is 14.8 Å². The monoisotopic (exact) mass is 508 g/mol. The smallest absolute Gasteiger partial charge is 0.260 e. The fourth-order valence-corrected chi connectivity index (χ4v) is 4.94. The zero-order valence-corrected chi connectivity index (χ0v) is 21.7. The molecule has 37 heavy (non-hydrogen) atoms. The predicted molar refractivity (Wildman–Crippen MR) is 141 cm³/mol. The molecule has 1 aromatic carbocycles. The Labute approximate surface area is 217 Å². The van der Waals surface area contributed by atoms with Gasteiger partial charge in [-0.15, -0.1) is 0 Å². The molecule has 1 aliphatic heterocycles. The van der Waals surface area contributed by atoms with E-state index < -0.39 is 0 Å². The van der Waals surface area contributed by atoms with Crippen LogP contribution in [0, 0.1) is 0 Å². The predicted octanol–water partition coefficient (Wildman–Crippen LogP) is 3.71. The average molecular weight is 509 g/mol. The van der Waals surface area contributed by atoms with Crippen LogP contribution in [0.3, 0.4) is 0 Å². The van der Waals surface area contributed by atoms with E-state index in [0.717, 1.165) is 54.6 Å². The maximum Gasteiger partial charge on any atom is 0.260 e. The number of likely N-dealkylation sites (N-methyl/N-ethyl adjacent to an activating group) is 1. The number of rotatable bonds is 5. The molecular formula is C27H36N6O4. The van der Waals surface area contributed by atoms with Gasteiger partial charge in [-0.1, -0.05) is 12.8 Å². The van der Waals surface area contributed by atoms with E-state index in [4.69, 9.17) is 14.2 Å². The molecule has 198 valence electrons. The molecule has 2 aliphatic rings. The third-order valence-corrected chi connectivity index (χ3v) is 7.01. The Kier molecular flexibility index (Phi) is 8.05. The van der Waals surface area contributed by atoms with Gasteiger partial charge in [0.15, 0.2) is 18.1 Å². The van der Waals surface area contributed by atoms with Gasteiger partial charge in [-0.25, -0.2) is 9.97 Å². The number of nitrogens with one attached hydrogen (secondary N) is 2. The summed E-state index contributed by atoms with van der Waals surface area (Å²) in [6, 6.07) is 5.62. The number of nitrogens with zero attached hydrogens (tertiary/aromatic N) is 4. The summed E-state index contributed by atoms with van der Waals surface area (Å²) in [4.78, 5) is 28.9. The minimum atomic E-state index is -0.0749. The van der Waals surface area contributed by atoms with Gasteiger partial charge in [-0.2, -0.15) is 0 Å². The van der Waals surface area contributed by atoms with Gasteiger partial charge in [-0.05, 0) is 50.6 Å². The normalized spacial score (nSPS) is 18.1. The second-order valence-electron chi connectivity index (χ2n) is 9.87. The van der Waals surface area contributed by atoms with Crippen molar-refractivity contribution in [2.45, 2.75) is 44.8 Å². The maximum absolute atomic E-state index is 12.7. The van der Waals surface area contributed by atoms with E-state index in [1.807, 2.05) is 31.4 Å². The number of amides is 1. The van der Waals surface area contributed by atoms with Crippen LogP contribution in [-0.2, 0) is 16.1 Å². The molecule has 1 saturated carbocycles. The Morgan fingerprint density at radius 2 is 1.97 bits per heavy atom. The topological polar surface area (TPSA) is 105 Å². The molecule has 5 rings (SSSR count). The fourth-order valence-electron chi connectivity index (χ4n) is 4.94. The van der Waals surface area contributed by atoms with Gasteiger partial charge in [0.1, 0.15) is 24.4 Å². The van der Waals surface area contributed by atoms with E-state index in [1.165, 1.54) is 12.8 Å². The Hall–Kier alpha value is -3.37. The minimum Gasteiger partial charge on any atom is -0.487 e. The molecular weight excluding hydrogens is 472 g/mol. The molecule has 2 N–H and O–H groups in total. The summed E-state index contributed by atoms with van der Waals surface area (Å²) >= 11 is 0. The number of anilines is 2. The van der Waals surface area contributed by atoms with Gasteiger partial charge in [0.2, 0.25) is 0 Å². The van der Waals surface area contributed by atoms with E-state index in [1.54, 1.807) is 11.2 Å². The lowest BCUT2D eigenvalue weighted by Crippen LogP contribution is -2.33. The van der Waals surface area contributed by atoms with Crippen LogP contribution in [-0.4, -0.2) is 83.8 Å². The SMILES string of the molecule is CN1CCCN(C)C(=O)COc2cc(ccc2OCCOC2CCCC2)Nc2ncnc3[nH]cc(c23)C1. The van der Waals surface area contributed by atoms with Crippen molar-refractivity contribution in [3.05, 3.63) is 36.3 Å². The number of hydrogen-bond donors (Lipinski definition) is 2. The van der Waals surface area contributed by atoms with E-state index in [9.17, 15) is 4.79 Å². The summed E-state index contributed by atoms with van der Waals surface area (Å²) in [7, 11) is 3.89. The van der Waals surface area contributed by atoms with Crippen molar-refractivity contribution < 1.29 is 19.0 Å². The third-order valence-electron chi connectivity index (χ3n) is 7.01. The zero-order valence-electron chi connectivity index (χ0n) is 21.7. The van der Waals surface area contributed by atoms with Crippen LogP contribution in [0.4, 0.5) is 11.5 Å². The van der Waals surface area contributed by atoms with Crippen molar-refractivity contribution in [1.82, 2.24) is 24.8 Å². The van der Waals surface area contributed by atoms with Crippen LogP contribution in [0.5, 0.6) is 11.5 Å². The first kappa shape index (κ1) is 25.3. The Bertz CT molecular complexity index is 1210. The number of benzene rings is 1. The van der Waals surface area contributed by atoms with Gasteiger partial charge in [0.05, 0.1) is 18.1 Å². The van der Waals surface area contributed by atoms with Crippen LogP contribution in [0.1, 0.15) is 37.7 Å². The number of hydrogen-bond acceptors (Lipinski definition) is 8. The number of carbonyl (C=O) groups is 1. The highest BCUT2D eigenvalue weighted by Crippen LogP contribution is 2.34. The van der Waals surface area contributed by atoms with Crippen LogP contribution in [0.25, 0.3) is 11.0 Å². The van der Waals surface area contributed by atoms with Crippen molar-refractivity contribution >= 4 is 28.4 Å². The first-order valence-electron chi connectivity index (χ1n) is 13.1. The number of aromatic nitrogens is 3. The van der Waals surface area contributed by atoms with Crippen molar-refractivity contribution in [2.24, 2.45) is 0 Å². The number of H-pyrrole nitrogens is 1. The lowest BCUT2D eigenvalue weighted by atomic mass is 10.2. The molecule has 2 bridgehead atoms. The van der Waals surface area contributed by atoms with Crippen molar-refractivity contribution in [1.29, 1.82) is 0 Å². The summed E-state index contributed by atoms with van der Waals surface area (Å²) in [6.45, 7) is 3.11. The second kappa shape index (κ2) is 11.8. The molecule has 3 aromatic rings. The second-order valence-corrected chi connectivity index (χ2v) is 9.87. The molecule has 10 nitrogen and oxygen atoms in total. The molecule has 0 saturated heterocycles. The Morgan fingerprint density at radius 1 is 1.11 bits per heavy atom. The highest BCUT2D eigenvalue weighted by Gasteiger charge is 2.18. The highest BCUT2D eigenvalue weighted by atomic mass is 16.5. The summed E-state index contributed by atoms with van der Waals surface area (Å²) in [6.07, 6.45) is 9.45. The Morgan fingerprint density at radius 3 is 2.84 bits per heavy atom. The average Bonchev–Trinajstić information content (AvgIpc) is 3.56. The fraction of sp³-hybridized carbons (Fsp3) is 0.519. The number of carbonyl (C=O) groups excluding carboxylic acids is 1. The third kappa shape index (κ3) is 6.31. The lowest BCUT2D eigenvalue weighted by Gasteiger charge is -2.22. The molecule has 3 heterocycles. The van der Waals surface area contributed by atoms with Gasteiger partial charge in [-0.3, -0.25) is 4.79 Å². The minimum absolute atomic E-state index is 0.0650.